The molecule has 4 rings (SSSR count). The lowest BCUT2D eigenvalue weighted by Gasteiger charge is -2.30. The molecule has 9 heteroatoms. The maximum Gasteiger partial charge on any atom is 0.265 e. The van der Waals surface area contributed by atoms with Crippen LogP contribution in [0.4, 0.5) is 5.69 Å². The molecule has 164 valence electrons. The Labute approximate surface area is 177 Å². The smallest absolute Gasteiger partial charge is 0.265 e. The van der Waals surface area contributed by atoms with Crippen LogP contribution in [0.1, 0.15) is 51.4 Å². The van der Waals surface area contributed by atoms with Crippen molar-refractivity contribution < 1.29 is 22.7 Å². The van der Waals surface area contributed by atoms with Gasteiger partial charge < -0.3 is 10.1 Å². The molecular weight excluding hydrogens is 406 g/mol. The van der Waals surface area contributed by atoms with Gasteiger partial charge in [-0.25, -0.2) is 8.42 Å². The first kappa shape index (κ1) is 21.1. The molecule has 1 aromatic rings. The Bertz CT molecular complexity index is 903. The first-order valence-corrected chi connectivity index (χ1v) is 12.3. The van der Waals surface area contributed by atoms with Crippen molar-refractivity contribution in [1.82, 2.24) is 9.62 Å². The van der Waals surface area contributed by atoms with E-state index in [2.05, 4.69) is 5.32 Å². The van der Waals surface area contributed by atoms with Crippen molar-refractivity contribution >= 4 is 27.5 Å². The first-order chi connectivity index (χ1) is 14.4. The van der Waals surface area contributed by atoms with Crippen LogP contribution in [-0.2, 0) is 19.6 Å². The van der Waals surface area contributed by atoms with Crippen LogP contribution in [0.3, 0.4) is 0 Å². The quantitative estimate of drug-likeness (QED) is 0.714. The number of fused-ring (bicyclic) bond motifs is 1. The van der Waals surface area contributed by atoms with Crippen molar-refractivity contribution in [2.24, 2.45) is 0 Å². The van der Waals surface area contributed by atoms with Crippen LogP contribution in [0, 0.1) is 0 Å². The van der Waals surface area contributed by atoms with E-state index in [4.69, 9.17) is 4.74 Å². The van der Waals surface area contributed by atoms with E-state index in [0.29, 0.717) is 24.5 Å². The number of hydrogen-bond acceptors (Lipinski definition) is 5. The fourth-order valence-corrected chi connectivity index (χ4v) is 5.97. The third kappa shape index (κ3) is 4.46. The highest BCUT2D eigenvalue weighted by Gasteiger charge is 2.32. The summed E-state index contributed by atoms with van der Waals surface area (Å²) in [7, 11) is -3.58. The van der Waals surface area contributed by atoms with E-state index in [-0.39, 0.29) is 35.9 Å². The molecule has 1 saturated carbocycles. The Balaban J connectivity index is 1.49. The Morgan fingerprint density at radius 2 is 1.77 bits per heavy atom. The van der Waals surface area contributed by atoms with Crippen LogP contribution >= 0.6 is 0 Å². The van der Waals surface area contributed by atoms with Gasteiger partial charge in [0.1, 0.15) is 12.3 Å². The zero-order valence-electron chi connectivity index (χ0n) is 17.1. The lowest BCUT2D eigenvalue weighted by atomic mass is 10.1. The van der Waals surface area contributed by atoms with Gasteiger partial charge in [-0.1, -0.05) is 25.7 Å². The number of rotatable bonds is 5. The molecule has 2 amide bonds. The number of nitrogens with one attached hydrogen (secondary N) is 1. The summed E-state index contributed by atoms with van der Waals surface area (Å²) in [4.78, 5) is 26.6. The third-order valence-electron chi connectivity index (χ3n) is 6.10. The van der Waals surface area contributed by atoms with E-state index in [9.17, 15) is 18.0 Å². The summed E-state index contributed by atoms with van der Waals surface area (Å²) in [6.07, 6.45) is 8.28. The Morgan fingerprint density at radius 1 is 1.07 bits per heavy atom. The van der Waals surface area contributed by atoms with Gasteiger partial charge in [-0.2, -0.15) is 4.31 Å². The number of benzene rings is 1. The van der Waals surface area contributed by atoms with Crippen molar-refractivity contribution in [3.63, 3.8) is 0 Å². The molecule has 2 heterocycles. The first-order valence-electron chi connectivity index (χ1n) is 10.8. The summed E-state index contributed by atoms with van der Waals surface area (Å²) in [5.74, 6) is -0.192. The molecule has 0 atom stereocenters. The van der Waals surface area contributed by atoms with Gasteiger partial charge in [0.2, 0.25) is 15.9 Å². The highest BCUT2D eigenvalue weighted by atomic mass is 32.2. The monoisotopic (exact) mass is 435 g/mol. The number of nitrogens with zero attached hydrogens (tertiary/aromatic N) is 2. The normalized spacial score (nSPS) is 21.1. The van der Waals surface area contributed by atoms with E-state index in [1.165, 1.54) is 34.2 Å². The zero-order chi connectivity index (χ0) is 21.1. The summed E-state index contributed by atoms with van der Waals surface area (Å²) in [6.45, 7) is 0.735. The molecule has 0 radical (unpaired) electrons. The van der Waals surface area contributed by atoms with Gasteiger partial charge in [-0.15, -0.1) is 0 Å². The molecule has 0 bridgehead atoms. The predicted octanol–water partition coefficient (Wildman–Crippen LogP) is 2.04. The average molecular weight is 436 g/mol. The topological polar surface area (TPSA) is 96.0 Å². The molecular formula is C21H29N3O5S. The number of anilines is 1. The van der Waals surface area contributed by atoms with Gasteiger partial charge in [0.25, 0.3) is 5.91 Å². The maximum absolute atomic E-state index is 12.8. The summed E-state index contributed by atoms with van der Waals surface area (Å²) in [6, 6.07) is 4.67. The Kier molecular flexibility index (Phi) is 6.29. The minimum absolute atomic E-state index is 0.0933. The van der Waals surface area contributed by atoms with Crippen LogP contribution < -0.4 is 15.0 Å². The molecule has 0 unspecified atom stereocenters. The van der Waals surface area contributed by atoms with E-state index in [1.807, 2.05) is 0 Å². The minimum Gasteiger partial charge on any atom is -0.482 e. The Morgan fingerprint density at radius 3 is 2.47 bits per heavy atom. The van der Waals surface area contributed by atoms with Crippen molar-refractivity contribution in [3.8, 4) is 5.75 Å². The fraction of sp³-hybridized carbons (Fsp3) is 0.619. The lowest BCUT2D eigenvalue weighted by Crippen LogP contribution is -2.47. The van der Waals surface area contributed by atoms with Crippen LogP contribution in [0.25, 0.3) is 0 Å². The van der Waals surface area contributed by atoms with Crippen molar-refractivity contribution in [3.05, 3.63) is 18.2 Å². The highest BCUT2D eigenvalue weighted by molar-refractivity contribution is 7.89. The van der Waals surface area contributed by atoms with Gasteiger partial charge in [0.05, 0.1) is 10.6 Å². The molecule has 0 aromatic heterocycles. The number of amides is 2. The molecule has 1 saturated heterocycles. The minimum atomic E-state index is -3.58. The highest BCUT2D eigenvalue weighted by Crippen LogP contribution is 2.35. The fourth-order valence-electron chi connectivity index (χ4n) is 4.44. The number of sulfonamides is 1. The third-order valence-corrected chi connectivity index (χ3v) is 7.99. The van der Waals surface area contributed by atoms with Crippen molar-refractivity contribution in [2.75, 3.05) is 31.1 Å². The van der Waals surface area contributed by atoms with Crippen LogP contribution in [0.2, 0.25) is 0 Å². The molecule has 8 nitrogen and oxygen atoms in total. The number of hydrogen-bond donors (Lipinski definition) is 1. The molecule has 3 aliphatic rings. The molecule has 2 aliphatic heterocycles. The SMILES string of the molecule is O=C(CN1C(=O)COc2cc(S(=O)(=O)N3CCCC3)ccc21)NC1CCCCCC1. The summed E-state index contributed by atoms with van der Waals surface area (Å²) in [5, 5.41) is 3.05. The van der Waals surface area contributed by atoms with E-state index in [0.717, 1.165) is 38.5 Å². The van der Waals surface area contributed by atoms with Gasteiger partial charge in [-0.05, 0) is 37.8 Å². The van der Waals surface area contributed by atoms with E-state index < -0.39 is 10.0 Å². The van der Waals surface area contributed by atoms with Crippen molar-refractivity contribution in [1.29, 1.82) is 0 Å². The number of carbonyl (C=O) groups is 2. The summed E-state index contributed by atoms with van der Waals surface area (Å²) in [5.41, 5.74) is 0.433. The summed E-state index contributed by atoms with van der Waals surface area (Å²) >= 11 is 0. The van der Waals surface area contributed by atoms with Crippen LogP contribution in [0.5, 0.6) is 5.75 Å². The van der Waals surface area contributed by atoms with Gasteiger partial charge in [-0.3, -0.25) is 14.5 Å². The number of ether oxygens (including phenoxy) is 1. The molecule has 30 heavy (non-hydrogen) atoms. The van der Waals surface area contributed by atoms with Crippen molar-refractivity contribution in [2.45, 2.75) is 62.3 Å². The molecule has 1 aromatic carbocycles. The van der Waals surface area contributed by atoms with Crippen LogP contribution in [0.15, 0.2) is 23.1 Å². The largest absolute Gasteiger partial charge is 0.482 e. The lowest BCUT2D eigenvalue weighted by molar-refractivity contribution is -0.125. The Hall–Kier alpha value is -2.13. The second-order valence-corrected chi connectivity index (χ2v) is 10.2. The second kappa shape index (κ2) is 8.93. The summed E-state index contributed by atoms with van der Waals surface area (Å²) < 4.78 is 32.6. The second-order valence-electron chi connectivity index (χ2n) is 8.27. The van der Waals surface area contributed by atoms with Gasteiger partial charge in [0.15, 0.2) is 6.61 Å². The molecule has 1 N–H and O–H groups in total. The predicted molar refractivity (Wildman–Crippen MR) is 112 cm³/mol. The average Bonchev–Trinajstić information content (AvgIpc) is 3.17. The van der Waals surface area contributed by atoms with E-state index >= 15 is 0 Å². The van der Waals surface area contributed by atoms with Gasteiger partial charge >= 0.3 is 0 Å². The maximum atomic E-state index is 12.8. The van der Waals surface area contributed by atoms with Gasteiger partial charge in [0, 0.05) is 25.2 Å². The van der Waals surface area contributed by atoms with Crippen LogP contribution in [-0.4, -0.2) is 56.8 Å². The molecule has 2 fully saturated rings. The zero-order valence-corrected chi connectivity index (χ0v) is 18.0. The molecule has 0 spiro atoms. The van der Waals surface area contributed by atoms with E-state index in [1.54, 1.807) is 6.07 Å². The number of carbonyl (C=O) groups excluding carboxylic acids is 2. The standard InChI is InChI=1S/C21H29N3O5S/c25-20(22-16-7-3-1-2-4-8-16)14-24-18-10-9-17(13-19(18)29-15-21(24)26)30(27,28)23-11-5-6-12-23/h9-10,13,16H,1-8,11-12,14-15H2,(H,22,25). The molecule has 1 aliphatic carbocycles.